The summed E-state index contributed by atoms with van der Waals surface area (Å²) in [6, 6.07) is 17.8. The molecule has 0 saturated carbocycles. The van der Waals surface area contributed by atoms with Crippen LogP contribution in [0.25, 0.3) is 11.1 Å². The molecular formula is C19H15BrO2S. The minimum atomic E-state index is -0.286. The molecule has 3 aromatic rings. The number of hydrogen-bond acceptors (Lipinski definition) is 3. The van der Waals surface area contributed by atoms with E-state index in [-0.39, 0.29) is 12.6 Å². The van der Waals surface area contributed by atoms with Crippen LogP contribution in [-0.2, 0) is 11.3 Å². The highest BCUT2D eigenvalue weighted by Gasteiger charge is 2.16. The van der Waals surface area contributed by atoms with Gasteiger partial charge < -0.3 is 4.74 Å². The summed E-state index contributed by atoms with van der Waals surface area (Å²) in [5.41, 5.74) is 4.10. The minimum Gasteiger partial charge on any atom is -0.457 e. The van der Waals surface area contributed by atoms with Crippen LogP contribution in [0, 0.1) is 6.92 Å². The lowest BCUT2D eigenvalue weighted by atomic mass is 10.1. The molecule has 4 heteroatoms. The second-order valence-corrected chi connectivity index (χ2v) is 6.97. The third kappa shape index (κ3) is 3.71. The van der Waals surface area contributed by atoms with Crippen LogP contribution < -0.4 is 0 Å². The Morgan fingerprint density at radius 3 is 2.57 bits per heavy atom. The van der Waals surface area contributed by atoms with Crippen LogP contribution in [0.4, 0.5) is 0 Å². The van der Waals surface area contributed by atoms with Crippen LogP contribution in [0.3, 0.4) is 0 Å². The van der Waals surface area contributed by atoms with Crippen molar-refractivity contribution in [3.8, 4) is 11.1 Å². The van der Waals surface area contributed by atoms with E-state index in [4.69, 9.17) is 4.74 Å². The van der Waals surface area contributed by atoms with E-state index in [1.54, 1.807) is 0 Å². The van der Waals surface area contributed by atoms with Crippen molar-refractivity contribution in [2.45, 2.75) is 13.5 Å². The molecule has 0 amide bonds. The van der Waals surface area contributed by atoms with Gasteiger partial charge in [-0.3, -0.25) is 0 Å². The molecule has 0 aliphatic carbocycles. The van der Waals surface area contributed by atoms with Gasteiger partial charge in [-0.2, -0.15) is 0 Å². The number of halogens is 1. The Bertz CT molecular complexity index is 821. The second-order valence-electron chi connectivity index (χ2n) is 5.20. The highest BCUT2D eigenvalue weighted by Crippen LogP contribution is 2.29. The van der Waals surface area contributed by atoms with Gasteiger partial charge in [0.15, 0.2) is 0 Å². The lowest BCUT2D eigenvalue weighted by Gasteiger charge is -2.07. The summed E-state index contributed by atoms with van der Waals surface area (Å²) in [5.74, 6) is -0.286. The fraction of sp³-hybridized carbons (Fsp3) is 0.105. The van der Waals surface area contributed by atoms with Crippen LogP contribution in [-0.4, -0.2) is 5.97 Å². The quantitative estimate of drug-likeness (QED) is 0.526. The van der Waals surface area contributed by atoms with Gasteiger partial charge in [-0.1, -0.05) is 64.0 Å². The zero-order valence-electron chi connectivity index (χ0n) is 12.6. The Hall–Kier alpha value is -1.91. The zero-order chi connectivity index (χ0) is 16.2. The molecule has 0 fully saturated rings. The number of hydrogen-bond donors (Lipinski definition) is 0. The number of benzene rings is 2. The van der Waals surface area contributed by atoms with Crippen molar-refractivity contribution in [2.24, 2.45) is 0 Å². The average molecular weight is 387 g/mol. The van der Waals surface area contributed by atoms with Crippen molar-refractivity contribution in [3.05, 3.63) is 80.5 Å². The predicted molar refractivity (Wildman–Crippen MR) is 97.8 cm³/mol. The lowest BCUT2D eigenvalue weighted by molar-refractivity contribution is 0.0478. The molecule has 0 aliphatic heterocycles. The third-order valence-corrected chi connectivity index (χ3v) is 5.20. The monoisotopic (exact) mass is 386 g/mol. The fourth-order valence-electron chi connectivity index (χ4n) is 2.25. The van der Waals surface area contributed by atoms with Crippen LogP contribution in [0.15, 0.2) is 64.5 Å². The van der Waals surface area contributed by atoms with Gasteiger partial charge in [-0.05, 0) is 30.0 Å². The highest BCUT2D eigenvalue weighted by atomic mass is 79.9. The maximum absolute atomic E-state index is 12.4. The van der Waals surface area contributed by atoms with Gasteiger partial charge in [0.25, 0.3) is 0 Å². The molecule has 0 unspecified atom stereocenters. The van der Waals surface area contributed by atoms with E-state index in [2.05, 4.69) is 15.9 Å². The van der Waals surface area contributed by atoms with E-state index in [0.29, 0.717) is 4.88 Å². The fourth-order valence-corrected chi connectivity index (χ4v) is 3.46. The molecule has 23 heavy (non-hydrogen) atoms. The molecule has 3 rings (SSSR count). The molecule has 1 aromatic heterocycles. The maximum atomic E-state index is 12.4. The summed E-state index contributed by atoms with van der Waals surface area (Å²) in [6.07, 6.45) is 0. The average Bonchev–Trinajstić information content (AvgIpc) is 3.04. The minimum absolute atomic E-state index is 0.255. The summed E-state index contributed by atoms with van der Waals surface area (Å²) in [7, 11) is 0. The van der Waals surface area contributed by atoms with Crippen molar-refractivity contribution in [1.82, 2.24) is 0 Å². The van der Waals surface area contributed by atoms with Crippen molar-refractivity contribution in [2.75, 3.05) is 0 Å². The molecule has 0 N–H and O–H groups in total. The summed E-state index contributed by atoms with van der Waals surface area (Å²) in [4.78, 5) is 13.1. The Kier molecular flexibility index (Phi) is 4.94. The number of carbonyl (C=O) groups excluding carboxylic acids is 1. The van der Waals surface area contributed by atoms with Gasteiger partial charge in [0.1, 0.15) is 11.5 Å². The van der Waals surface area contributed by atoms with Gasteiger partial charge in [0, 0.05) is 15.6 Å². The molecule has 2 nitrogen and oxygen atoms in total. The number of esters is 1. The first kappa shape index (κ1) is 16.0. The molecular weight excluding hydrogens is 372 g/mol. The van der Waals surface area contributed by atoms with Gasteiger partial charge in [0.05, 0.1) is 0 Å². The van der Waals surface area contributed by atoms with Crippen LogP contribution in [0.1, 0.15) is 20.8 Å². The number of thiophene rings is 1. The van der Waals surface area contributed by atoms with Gasteiger partial charge in [-0.25, -0.2) is 4.79 Å². The highest BCUT2D eigenvalue weighted by molar-refractivity contribution is 9.10. The van der Waals surface area contributed by atoms with Gasteiger partial charge in [-0.15, -0.1) is 11.3 Å². The van der Waals surface area contributed by atoms with Crippen LogP contribution >= 0.6 is 27.3 Å². The molecule has 1 heterocycles. The molecule has 0 radical (unpaired) electrons. The predicted octanol–water partition coefficient (Wildman–Crippen LogP) is 5.84. The van der Waals surface area contributed by atoms with Crippen molar-refractivity contribution >= 4 is 33.2 Å². The largest absolute Gasteiger partial charge is 0.457 e. The van der Waals surface area contributed by atoms with E-state index in [1.165, 1.54) is 16.9 Å². The van der Waals surface area contributed by atoms with Crippen LogP contribution in [0.5, 0.6) is 0 Å². The van der Waals surface area contributed by atoms with Gasteiger partial charge in [0.2, 0.25) is 0 Å². The molecule has 116 valence electrons. The Labute approximate surface area is 147 Å². The SMILES string of the molecule is Cc1ccc(-c2ccsc2C(=O)OCc2ccccc2Br)cc1. The van der Waals surface area contributed by atoms with E-state index < -0.39 is 0 Å². The Morgan fingerprint density at radius 1 is 1.09 bits per heavy atom. The summed E-state index contributed by atoms with van der Waals surface area (Å²) >= 11 is 4.87. The van der Waals surface area contributed by atoms with Crippen LogP contribution in [0.2, 0.25) is 0 Å². The maximum Gasteiger partial charge on any atom is 0.349 e. The standard InChI is InChI=1S/C19H15BrO2S/c1-13-6-8-14(9-7-13)16-10-11-23-18(16)19(21)22-12-15-4-2-3-5-17(15)20/h2-11H,12H2,1H3. The number of aryl methyl sites for hydroxylation is 1. The molecule has 0 aliphatic rings. The number of carbonyl (C=O) groups is 1. The normalized spacial score (nSPS) is 10.5. The molecule has 2 aromatic carbocycles. The second kappa shape index (κ2) is 7.11. The lowest BCUT2D eigenvalue weighted by Crippen LogP contribution is -2.05. The molecule has 0 atom stereocenters. The zero-order valence-corrected chi connectivity index (χ0v) is 15.0. The first-order valence-corrected chi connectivity index (χ1v) is 8.87. The van der Waals surface area contributed by atoms with E-state index in [9.17, 15) is 4.79 Å². The summed E-state index contributed by atoms with van der Waals surface area (Å²) in [6.45, 7) is 2.30. The Balaban J connectivity index is 1.77. The van der Waals surface area contributed by atoms with E-state index in [0.717, 1.165) is 21.2 Å². The topological polar surface area (TPSA) is 26.3 Å². The molecule has 0 bridgehead atoms. The van der Waals surface area contributed by atoms with Crippen molar-refractivity contribution in [3.63, 3.8) is 0 Å². The number of ether oxygens (including phenoxy) is 1. The molecule has 0 spiro atoms. The smallest absolute Gasteiger partial charge is 0.349 e. The Morgan fingerprint density at radius 2 is 1.83 bits per heavy atom. The summed E-state index contributed by atoms with van der Waals surface area (Å²) < 4.78 is 6.42. The summed E-state index contributed by atoms with van der Waals surface area (Å²) in [5, 5.41) is 1.92. The first-order chi connectivity index (χ1) is 11.1. The van der Waals surface area contributed by atoms with E-state index >= 15 is 0 Å². The first-order valence-electron chi connectivity index (χ1n) is 7.20. The third-order valence-electron chi connectivity index (χ3n) is 3.53. The van der Waals surface area contributed by atoms with Crippen molar-refractivity contribution < 1.29 is 9.53 Å². The number of rotatable bonds is 4. The van der Waals surface area contributed by atoms with E-state index in [1.807, 2.05) is 66.9 Å². The molecule has 0 saturated heterocycles. The van der Waals surface area contributed by atoms with Crippen molar-refractivity contribution in [1.29, 1.82) is 0 Å². The van der Waals surface area contributed by atoms with Gasteiger partial charge >= 0.3 is 5.97 Å².